The summed E-state index contributed by atoms with van der Waals surface area (Å²) in [6.07, 6.45) is 3.69. The van der Waals surface area contributed by atoms with Crippen LogP contribution in [-0.4, -0.2) is 49.7 Å². The normalized spacial score (nSPS) is 14.6. The van der Waals surface area contributed by atoms with E-state index in [1.807, 2.05) is 0 Å². The van der Waals surface area contributed by atoms with Crippen molar-refractivity contribution in [2.75, 3.05) is 31.5 Å². The van der Waals surface area contributed by atoms with Crippen LogP contribution in [0.5, 0.6) is 0 Å². The van der Waals surface area contributed by atoms with Gasteiger partial charge in [-0.3, -0.25) is 14.9 Å². The van der Waals surface area contributed by atoms with Gasteiger partial charge in [-0.15, -0.1) is 0 Å². The molecule has 32 heavy (non-hydrogen) atoms. The number of hydrogen-bond acceptors (Lipinski definition) is 6. The van der Waals surface area contributed by atoms with Gasteiger partial charge in [-0.2, -0.15) is 4.31 Å². The number of nitro benzene ring substituents is 1. The molecule has 9 nitrogen and oxygen atoms in total. The van der Waals surface area contributed by atoms with Crippen LogP contribution >= 0.6 is 0 Å². The van der Waals surface area contributed by atoms with Crippen molar-refractivity contribution in [3.63, 3.8) is 0 Å². The van der Waals surface area contributed by atoms with Gasteiger partial charge in [0.25, 0.3) is 5.69 Å². The molecule has 2 aromatic rings. The number of benzene rings is 2. The smallest absolute Gasteiger partial charge is 0.269 e. The summed E-state index contributed by atoms with van der Waals surface area (Å²) in [4.78, 5) is 22.6. The molecule has 1 fully saturated rings. The predicted octanol–water partition coefficient (Wildman–Crippen LogP) is 2.93. The Labute approximate surface area is 188 Å². The van der Waals surface area contributed by atoms with Crippen LogP contribution in [0.1, 0.15) is 31.2 Å². The molecule has 0 aliphatic carbocycles. The minimum atomic E-state index is -3.44. The summed E-state index contributed by atoms with van der Waals surface area (Å²) in [5.74, 6) is -0.0967. The second kappa shape index (κ2) is 11.1. The van der Waals surface area contributed by atoms with Gasteiger partial charge in [0.1, 0.15) is 0 Å². The summed E-state index contributed by atoms with van der Waals surface area (Å²) in [6.45, 7) is 2.06. The van der Waals surface area contributed by atoms with Crippen molar-refractivity contribution in [3.05, 3.63) is 64.2 Å². The molecule has 0 saturated carbocycles. The van der Waals surface area contributed by atoms with Crippen molar-refractivity contribution in [1.29, 1.82) is 0 Å². The molecule has 172 valence electrons. The number of amides is 1. The van der Waals surface area contributed by atoms with Crippen LogP contribution in [0.25, 0.3) is 0 Å². The molecule has 3 rings (SSSR count). The van der Waals surface area contributed by atoms with Crippen molar-refractivity contribution in [2.24, 2.45) is 0 Å². The highest BCUT2D eigenvalue weighted by Gasteiger charge is 2.25. The average Bonchev–Trinajstić information content (AvgIpc) is 2.81. The van der Waals surface area contributed by atoms with Gasteiger partial charge in [0.05, 0.1) is 9.82 Å². The molecule has 1 amide bonds. The van der Waals surface area contributed by atoms with Gasteiger partial charge >= 0.3 is 0 Å². The van der Waals surface area contributed by atoms with Crippen molar-refractivity contribution >= 4 is 27.3 Å². The first kappa shape index (κ1) is 23.7. The summed E-state index contributed by atoms with van der Waals surface area (Å²) < 4.78 is 26.9. The van der Waals surface area contributed by atoms with Crippen molar-refractivity contribution in [2.45, 2.75) is 37.0 Å². The Kier molecular flexibility index (Phi) is 8.18. The number of carbonyl (C=O) groups is 1. The molecule has 0 bridgehead atoms. The van der Waals surface area contributed by atoms with E-state index in [1.54, 1.807) is 40.7 Å². The number of aryl methyl sites for hydroxylation is 1. The van der Waals surface area contributed by atoms with Crippen LogP contribution in [0.15, 0.2) is 53.4 Å². The number of hydrogen-bond donors (Lipinski definition) is 2. The lowest BCUT2D eigenvalue weighted by Crippen LogP contribution is -2.35. The summed E-state index contributed by atoms with van der Waals surface area (Å²) in [7, 11) is -3.44. The Hall–Kier alpha value is -2.98. The van der Waals surface area contributed by atoms with Gasteiger partial charge in [0.15, 0.2) is 0 Å². The van der Waals surface area contributed by atoms with E-state index in [0.717, 1.165) is 30.5 Å². The topological polar surface area (TPSA) is 122 Å². The molecule has 1 aliphatic rings. The van der Waals surface area contributed by atoms with Crippen LogP contribution in [0, 0.1) is 10.1 Å². The Morgan fingerprint density at radius 2 is 1.62 bits per heavy atom. The molecule has 0 unspecified atom stereocenters. The van der Waals surface area contributed by atoms with Crippen LogP contribution < -0.4 is 10.6 Å². The van der Waals surface area contributed by atoms with E-state index in [2.05, 4.69) is 10.6 Å². The highest BCUT2D eigenvalue weighted by atomic mass is 32.2. The molecule has 10 heteroatoms. The molecule has 1 aliphatic heterocycles. The fraction of sp³-hybridized carbons (Fsp3) is 0.409. The maximum Gasteiger partial charge on any atom is 0.269 e. The Morgan fingerprint density at radius 1 is 0.969 bits per heavy atom. The maximum atomic E-state index is 12.7. The van der Waals surface area contributed by atoms with Gasteiger partial charge in [-0.1, -0.05) is 18.6 Å². The molecule has 2 N–H and O–H groups in total. The van der Waals surface area contributed by atoms with Gasteiger partial charge < -0.3 is 10.6 Å². The third-order valence-electron chi connectivity index (χ3n) is 5.37. The largest absolute Gasteiger partial charge is 0.383 e. The van der Waals surface area contributed by atoms with Gasteiger partial charge in [-0.25, -0.2) is 8.42 Å². The number of carbonyl (C=O) groups excluding carboxylic acids is 1. The first-order valence-corrected chi connectivity index (χ1v) is 12.1. The molecule has 0 atom stereocenters. The van der Waals surface area contributed by atoms with E-state index in [4.69, 9.17) is 0 Å². The number of anilines is 1. The number of rotatable bonds is 10. The third kappa shape index (κ3) is 6.51. The third-order valence-corrected chi connectivity index (χ3v) is 7.28. The molecule has 2 aromatic carbocycles. The predicted molar refractivity (Wildman–Crippen MR) is 122 cm³/mol. The number of sulfonamides is 1. The van der Waals surface area contributed by atoms with E-state index in [-0.39, 0.29) is 11.6 Å². The molecule has 0 spiro atoms. The highest BCUT2D eigenvalue weighted by Crippen LogP contribution is 2.21. The lowest BCUT2D eigenvalue weighted by atomic mass is 10.1. The van der Waals surface area contributed by atoms with E-state index < -0.39 is 14.9 Å². The molecule has 1 saturated heterocycles. The van der Waals surface area contributed by atoms with E-state index >= 15 is 0 Å². The summed E-state index contributed by atoms with van der Waals surface area (Å²) in [5, 5.41) is 16.6. The standard InChI is InChI=1S/C22H28N4O5S/c27-22(24-15-14-23-19-7-9-20(10-8-19)26(28)29)13-6-18-4-11-21(12-5-18)32(30,31)25-16-2-1-3-17-25/h4-5,7-12,23H,1-3,6,13-17H2,(H,24,27). The fourth-order valence-corrected chi connectivity index (χ4v) is 5.06. The second-order valence-corrected chi connectivity index (χ2v) is 9.63. The number of nitrogens with zero attached hydrogens (tertiary/aromatic N) is 2. The van der Waals surface area contributed by atoms with Crippen LogP contribution in [0.4, 0.5) is 11.4 Å². The molecule has 0 radical (unpaired) electrons. The van der Waals surface area contributed by atoms with E-state index in [1.165, 1.54) is 12.1 Å². The first-order chi connectivity index (χ1) is 15.4. The zero-order chi connectivity index (χ0) is 23.0. The van der Waals surface area contributed by atoms with E-state index in [9.17, 15) is 23.3 Å². The molecule has 0 aromatic heterocycles. The molecular weight excluding hydrogens is 432 g/mol. The first-order valence-electron chi connectivity index (χ1n) is 10.7. The Balaban J connectivity index is 1.38. The minimum Gasteiger partial charge on any atom is -0.383 e. The lowest BCUT2D eigenvalue weighted by molar-refractivity contribution is -0.384. The quantitative estimate of drug-likeness (QED) is 0.319. The number of non-ortho nitro benzene ring substituents is 1. The summed E-state index contributed by atoms with van der Waals surface area (Å²) >= 11 is 0. The van der Waals surface area contributed by atoms with Gasteiger partial charge in [0, 0.05) is 50.4 Å². The van der Waals surface area contributed by atoms with Crippen molar-refractivity contribution in [3.8, 4) is 0 Å². The number of nitrogens with one attached hydrogen (secondary N) is 2. The summed E-state index contributed by atoms with van der Waals surface area (Å²) in [6, 6.07) is 12.8. The van der Waals surface area contributed by atoms with Gasteiger partial charge in [0.2, 0.25) is 15.9 Å². The Morgan fingerprint density at radius 3 is 2.25 bits per heavy atom. The average molecular weight is 461 g/mol. The SMILES string of the molecule is O=C(CCc1ccc(S(=O)(=O)N2CCCCC2)cc1)NCCNc1ccc([N+](=O)[O-])cc1. The van der Waals surface area contributed by atoms with E-state index in [0.29, 0.717) is 43.9 Å². The second-order valence-electron chi connectivity index (χ2n) is 7.69. The monoisotopic (exact) mass is 460 g/mol. The molecule has 1 heterocycles. The van der Waals surface area contributed by atoms with Crippen LogP contribution in [0.2, 0.25) is 0 Å². The minimum absolute atomic E-state index is 0.0287. The number of piperidine rings is 1. The number of nitro groups is 1. The van der Waals surface area contributed by atoms with Gasteiger partial charge in [-0.05, 0) is 49.1 Å². The van der Waals surface area contributed by atoms with Crippen molar-refractivity contribution < 1.29 is 18.1 Å². The van der Waals surface area contributed by atoms with Crippen LogP contribution in [-0.2, 0) is 21.2 Å². The van der Waals surface area contributed by atoms with Crippen molar-refractivity contribution in [1.82, 2.24) is 9.62 Å². The zero-order valence-corrected chi connectivity index (χ0v) is 18.6. The fourth-order valence-electron chi connectivity index (χ4n) is 3.54. The lowest BCUT2D eigenvalue weighted by Gasteiger charge is -2.25. The Bertz CT molecular complexity index is 1020. The highest BCUT2D eigenvalue weighted by molar-refractivity contribution is 7.89. The zero-order valence-electron chi connectivity index (χ0n) is 17.8. The molecular formula is C22H28N4O5S. The van der Waals surface area contributed by atoms with Crippen LogP contribution in [0.3, 0.4) is 0 Å². The maximum absolute atomic E-state index is 12.7. The summed E-state index contributed by atoms with van der Waals surface area (Å²) in [5.41, 5.74) is 1.67.